The van der Waals surface area contributed by atoms with Gasteiger partial charge in [0.05, 0.1) is 37.5 Å². The van der Waals surface area contributed by atoms with Crippen LogP contribution in [0.15, 0.2) is 75.4 Å². The van der Waals surface area contributed by atoms with E-state index in [-0.39, 0.29) is 13.1 Å². The van der Waals surface area contributed by atoms with Gasteiger partial charge < -0.3 is 9.30 Å². The molecular weight excluding hydrogens is 478 g/mol. The van der Waals surface area contributed by atoms with Crippen LogP contribution in [0.3, 0.4) is 0 Å². The van der Waals surface area contributed by atoms with Crippen molar-refractivity contribution in [3.63, 3.8) is 0 Å². The molecule has 0 N–H and O–H groups in total. The molecule has 0 unspecified atom stereocenters. The summed E-state index contributed by atoms with van der Waals surface area (Å²) in [4.78, 5) is 33.0. The molecule has 0 saturated heterocycles. The highest BCUT2D eigenvalue weighted by atomic mass is 32.2. The minimum atomic E-state index is -0.441. The minimum Gasteiger partial charge on any atom is -0.383 e. The second-order valence-electron chi connectivity index (χ2n) is 8.47. The van der Waals surface area contributed by atoms with E-state index in [0.717, 1.165) is 22.0 Å². The quantitative estimate of drug-likeness (QED) is 0.337. The summed E-state index contributed by atoms with van der Waals surface area (Å²) in [5.74, 6) is 1.99. The summed E-state index contributed by atoms with van der Waals surface area (Å²) >= 11 is 1.69. The molecule has 6 rings (SSSR count). The number of methoxy groups -OCH3 is 1. The van der Waals surface area contributed by atoms with Crippen molar-refractivity contribution in [2.24, 2.45) is 0 Å². The zero-order valence-corrected chi connectivity index (χ0v) is 20.4. The molecular formula is C25H23N7O3S. The van der Waals surface area contributed by atoms with Crippen molar-refractivity contribution in [3.8, 4) is 5.69 Å². The van der Waals surface area contributed by atoms with Crippen molar-refractivity contribution >= 4 is 22.9 Å². The summed E-state index contributed by atoms with van der Waals surface area (Å²) in [7, 11) is 1.60. The zero-order chi connectivity index (χ0) is 24.6. The Labute approximate surface area is 209 Å². The lowest BCUT2D eigenvalue weighted by atomic mass is 10.2. The van der Waals surface area contributed by atoms with Crippen LogP contribution >= 0.6 is 11.8 Å². The van der Waals surface area contributed by atoms with Crippen molar-refractivity contribution in [1.82, 2.24) is 33.4 Å². The van der Waals surface area contributed by atoms with Gasteiger partial charge in [-0.25, -0.2) is 9.78 Å². The number of benzene rings is 2. The van der Waals surface area contributed by atoms with Crippen LogP contribution in [0.25, 0.3) is 16.9 Å². The van der Waals surface area contributed by atoms with Gasteiger partial charge in [-0.05, 0) is 17.7 Å². The molecule has 2 aromatic carbocycles. The first-order valence-electron chi connectivity index (χ1n) is 11.5. The molecule has 11 heteroatoms. The van der Waals surface area contributed by atoms with E-state index in [2.05, 4.69) is 15.2 Å². The smallest absolute Gasteiger partial charge is 0.333 e. The second kappa shape index (κ2) is 9.25. The van der Waals surface area contributed by atoms with E-state index >= 15 is 0 Å². The molecule has 0 aliphatic carbocycles. The average molecular weight is 502 g/mol. The van der Waals surface area contributed by atoms with E-state index in [1.165, 1.54) is 4.57 Å². The molecule has 0 atom stereocenters. The Hall–Kier alpha value is -3.96. The number of nitrogens with zero attached hydrogens (tertiary/aromatic N) is 7. The summed E-state index contributed by atoms with van der Waals surface area (Å²) in [5, 5.41) is 8.72. The monoisotopic (exact) mass is 501 g/mol. The van der Waals surface area contributed by atoms with Crippen LogP contribution in [0.1, 0.15) is 17.2 Å². The SMILES string of the molecule is COCCn1cnc2c1c(=O)n(Cc1nnc3n1-c1ccccc1SC3)c(=O)n2Cc1ccccc1. The Bertz CT molecular complexity index is 1680. The van der Waals surface area contributed by atoms with Gasteiger partial charge in [-0.15, -0.1) is 22.0 Å². The molecule has 36 heavy (non-hydrogen) atoms. The van der Waals surface area contributed by atoms with Crippen molar-refractivity contribution in [2.75, 3.05) is 13.7 Å². The third-order valence-corrected chi connectivity index (χ3v) is 7.32. The highest BCUT2D eigenvalue weighted by Crippen LogP contribution is 2.34. The highest BCUT2D eigenvalue weighted by molar-refractivity contribution is 7.98. The van der Waals surface area contributed by atoms with Crippen molar-refractivity contribution in [3.05, 3.63) is 99.0 Å². The minimum absolute atomic E-state index is 0.0101. The van der Waals surface area contributed by atoms with E-state index in [4.69, 9.17) is 4.74 Å². The lowest BCUT2D eigenvalue weighted by molar-refractivity contribution is 0.188. The van der Waals surface area contributed by atoms with Crippen LogP contribution in [0.2, 0.25) is 0 Å². The predicted octanol–water partition coefficient (Wildman–Crippen LogP) is 2.29. The van der Waals surface area contributed by atoms with Gasteiger partial charge in [-0.2, -0.15) is 0 Å². The first-order chi connectivity index (χ1) is 17.7. The van der Waals surface area contributed by atoms with Gasteiger partial charge in [0.2, 0.25) is 0 Å². The Morgan fingerprint density at radius 3 is 2.61 bits per heavy atom. The number of hydrogen-bond acceptors (Lipinski definition) is 7. The molecule has 0 bridgehead atoms. The van der Waals surface area contributed by atoms with Crippen LogP contribution in [-0.2, 0) is 30.1 Å². The van der Waals surface area contributed by atoms with E-state index < -0.39 is 11.2 Å². The van der Waals surface area contributed by atoms with Gasteiger partial charge in [0.25, 0.3) is 5.56 Å². The first-order valence-corrected chi connectivity index (χ1v) is 12.5. The maximum atomic E-state index is 13.8. The zero-order valence-electron chi connectivity index (χ0n) is 19.6. The van der Waals surface area contributed by atoms with Gasteiger partial charge >= 0.3 is 5.69 Å². The van der Waals surface area contributed by atoms with Crippen LogP contribution in [0, 0.1) is 0 Å². The Morgan fingerprint density at radius 1 is 0.972 bits per heavy atom. The third kappa shape index (κ3) is 3.76. The Kier molecular flexibility index (Phi) is 5.78. The van der Waals surface area contributed by atoms with Crippen molar-refractivity contribution in [1.29, 1.82) is 0 Å². The first kappa shape index (κ1) is 22.5. The standard InChI is InChI=1S/C25H23N7O3S/c1-35-12-11-29-16-26-23-22(29)24(33)31(25(34)30(23)13-17-7-3-2-4-8-17)14-20-27-28-21-15-36-19-10-6-5-9-18(19)32(20)21/h2-10,16H,11-15H2,1H3. The fraction of sp³-hybridized carbons (Fsp3) is 0.240. The average Bonchev–Trinajstić information content (AvgIpc) is 3.53. The summed E-state index contributed by atoms with van der Waals surface area (Å²) in [6.07, 6.45) is 1.59. The van der Waals surface area contributed by atoms with Gasteiger partial charge in [0, 0.05) is 18.6 Å². The molecule has 4 heterocycles. The van der Waals surface area contributed by atoms with Crippen molar-refractivity contribution < 1.29 is 4.74 Å². The number of ether oxygens (including phenoxy) is 1. The maximum Gasteiger partial charge on any atom is 0.333 e. The number of hydrogen-bond donors (Lipinski definition) is 0. The van der Waals surface area contributed by atoms with Crippen LogP contribution in [-0.4, -0.2) is 47.2 Å². The van der Waals surface area contributed by atoms with Gasteiger partial charge in [0.15, 0.2) is 17.0 Å². The van der Waals surface area contributed by atoms with Gasteiger partial charge in [0.1, 0.15) is 5.82 Å². The van der Waals surface area contributed by atoms with E-state index in [1.807, 2.05) is 59.2 Å². The molecule has 5 aromatic rings. The van der Waals surface area contributed by atoms with Crippen LogP contribution in [0.5, 0.6) is 0 Å². The number of aromatic nitrogens is 7. The molecule has 182 valence electrons. The summed E-state index contributed by atoms with van der Waals surface area (Å²) in [5.41, 5.74) is 1.74. The van der Waals surface area contributed by atoms with Crippen molar-refractivity contribution in [2.45, 2.75) is 30.3 Å². The maximum absolute atomic E-state index is 13.8. The number of imidazole rings is 1. The molecule has 0 spiro atoms. The van der Waals surface area contributed by atoms with Gasteiger partial charge in [-0.1, -0.05) is 42.5 Å². The fourth-order valence-electron chi connectivity index (χ4n) is 4.52. The molecule has 10 nitrogen and oxygen atoms in total. The summed E-state index contributed by atoms with van der Waals surface area (Å²) in [6.45, 7) is 1.13. The van der Waals surface area contributed by atoms with Crippen LogP contribution in [0.4, 0.5) is 0 Å². The second-order valence-corrected chi connectivity index (χ2v) is 9.49. The lowest BCUT2D eigenvalue weighted by Crippen LogP contribution is -2.41. The number of rotatable bonds is 7. The largest absolute Gasteiger partial charge is 0.383 e. The number of thioether (sulfide) groups is 1. The molecule has 1 aliphatic heterocycles. The molecule has 0 amide bonds. The molecule has 0 saturated carbocycles. The molecule has 0 fully saturated rings. The molecule has 0 radical (unpaired) electrons. The molecule has 3 aromatic heterocycles. The fourth-order valence-corrected chi connectivity index (χ4v) is 5.47. The van der Waals surface area contributed by atoms with Crippen LogP contribution < -0.4 is 11.2 Å². The van der Waals surface area contributed by atoms with Gasteiger partial charge in [-0.3, -0.25) is 18.5 Å². The van der Waals surface area contributed by atoms with E-state index in [9.17, 15) is 9.59 Å². The van der Waals surface area contributed by atoms with E-state index in [1.54, 1.807) is 34.3 Å². The third-order valence-electron chi connectivity index (χ3n) is 6.26. The normalized spacial score (nSPS) is 12.6. The summed E-state index contributed by atoms with van der Waals surface area (Å²) < 4.78 is 11.7. The topological polar surface area (TPSA) is 102 Å². The Morgan fingerprint density at radius 2 is 1.78 bits per heavy atom. The number of para-hydroxylation sites is 1. The number of fused-ring (bicyclic) bond motifs is 4. The highest BCUT2D eigenvalue weighted by Gasteiger charge is 2.24. The van der Waals surface area contributed by atoms with E-state index in [0.29, 0.717) is 35.9 Å². The molecule has 1 aliphatic rings. The summed E-state index contributed by atoms with van der Waals surface area (Å²) in [6, 6.07) is 17.6. The lowest BCUT2D eigenvalue weighted by Gasteiger charge is -2.19. The Balaban J connectivity index is 1.52. The predicted molar refractivity (Wildman–Crippen MR) is 136 cm³/mol.